The van der Waals surface area contributed by atoms with Crippen LogP contribution in [0, 0.1) is 5.82 Å². The molecule has 0 amide bonds. The Kier molecular flexibility index (Phi) is 4.06. The van der Waals surface area contributed by atoms with Crippen molar-refractivity contribution in [2.45, 2.75) is 38.6 Å². The Labute approximate surface area is 111 Å². The number of nitrogens with zero attached hydrogens (tertiary/aromatic N) is 3. The van der Waals surface area contributed by atoms with Crippen LogP contribution in [0.25, 0.3) is 0 Å². The van der Waals surface area contributed by atoms with E-state index in [1.165, 1.54) is 6.33 Å². The number of thiocarbonyl (C=S) groups is 1. The van der Waals surface area contributed by atoms with Gasteiger partial charge in [0.05, 0.1) is 10.7 Å². The monoisotopic (exact) mass is 268 g/mol. The highest BCUT2D eigenvalue weighted by atomic mass is 32.1. The van der Waals surface area contributed by atoms with E-state index in [1.54, 1.807) is 0 Å². The molecule has 0 aromatic carbocycles. The maximum Gasteiger partial charge on any atom is 0.187 e. The predicted molar refractivity (Wildman–Crippen MR) is 73.1 cm³/mol. The zero-order valence-electron chi connectivity index (χ0n) is 10.4. The van der Waals surface area contributed by atoms with Gasteiger partial charge >= 0.3 is 0 Å². The fourth-order valence-electron chi connectivity index (χ4n) is 1.92. The first kappa shape index (κ1) is 13.1. The summed E-state index contributed by atoms with van der Waals surface area (Å²) in [5.41, 5.74) is 5.97. The molecule has 0 unspecified atom stereocenters. The fourth-order valence-corrected chi connectivity index (χ4v) is 2.01. The van der Waals surface area contributed by atoms with Crippen molar-refractivity contribution in [3.8, 4) is 0 Å². The van der Waals surface area contributed by atoms with Crippen LogP contribution in [0.3, 0.4) is 0 Å². The molecule has 0 atom stereocenters. The number of halogens is 1. The minimum Gasteiger partial charge on any atom is -0.393 e. The topological polar surface area (TPSA) is 55.0 Å². The highest BCUT2D eigenvalue weighted by molar-refractivity contribution is 7.80. The number of nitrogens with two attached hydrogens (primary N) is 1. The van der Waals surface area contributed by atoms with Crippen molar-refractivity contribution >= 4 is 23.0 Å². The minimum atomic E-state index is -0.310. The van der Waals surface area contributed by atoms with E-state index < -0.39 is 0 Å². The minimum absolute atomic E-state index is 0.310. The Balaban J connectivity index is 2.22. The summed E-state index contributed by atoms with van der Waals surface area (Å²) < 4.78 is 14.2. The normalized spacial score (nSPS) is 14.6. The zero-order chi connectivity index (χ0) is 13.1. The Morgan fingerprint density at radius 1 is 1.56 bits per heavy atom. The van der Waals surface area contributed by atoms with Crippen LogP contribution in [0.1, 0.15) is 31.9 Å². The molecule has 1 aromatic rings. The summed E-state index contributed by atoms with van der Waals surface area (Å²) in [6.45, 7) is 2.50. The van der Waals surface area contributed by atoms with Crippen LogP contribution in [0.5, 0.6) is 0 Å². The molecule has 1 saturated carbocycles. The van der Waals surface area contributed by atoms with Gasteiger partial charge in [-0.25, -0.2) is 14.4 Å². The molecule has 2 N–H and O–H groups in total. The standard InChI is InChI=1S/C12H17FN4S/c1-2-9-11(13)12(16-7-15-9)17(8-3-4-8)6-5-10(14)18/h7-8H,2-6H2,1H3,(H2,14,18). The number of rotatable bonds is 6. The second-order valence-corrected chi connectivity index (χ2v) is 4.98. The van der Waals surface area contributed by atoms with Gasteiger partial charge in [0.15, 0.2) is 11.6 Å². The second-order valence-electron chi connectivity index (χ2n) is 4.45. The molecule has 0 saturated heterocycles. The summed E-state index contributed by atoms with van der Waals surface area (Å²) in [5.74, 6) is 0.0791. The summed E-state index contributed by atoms with van der Waals surface area (Å²) in [6.07, 6.45) is 4.71. The van der Waals surface area contributed by atoms with Crippen LogP contribution < -0.4 is 10.6 Å². The molecule has 18 heavy (non-hydrogen) atoms. The van der Waals surface area contributed by atoms with E-state index in [0.717, 1.165) is 12.8 Å². The van der Waals surface area contributed by atoms with Gasteiger partial charge < -0.3 is 10.6 Å². The number of hydrogen-bond acceptors (Lipinski definition) is 4. The van der Waals surface area contributed by atoms with Crippen molar-refractivity contribution in [2.75, 3.05) is 11.4 Å². The molecular formula is C12H17FN4S. The van der Waals surface area contributed by atoms with Crippen molar-refractivity contribution in [3.05, 3.63) is 17.8 Å². The largest absolute Gasteiger partial charge is 0.393 e. The van der Waals surface area contributed by atoms with Gasteiger partial charge in [-0.05, 0) is 19.3 Å². The van der Waals surface area contributed by atoms with Crippen LogP contribution in [0.15, 0.2) is 6.33 Å². The first-order valence-corrected chi connectivity index (χ1v) is 6.58. The van der Waals surface area contributed by atoms with E-state index >= 15 is 0 Å². The van der Waals surface area contributed by atoms with Gasteiger partial charge in [0, 0.05) is 19.0 Å². The number of aromatic nitrogens is 2. The average molecular weight is 268 g/mol. The molecule has 1 aliphatic carbocycles. The van der Waals surface area contributed by atoms with E-state index in [9.17, 15) is 4.39 Å². The average Bonchev–Trinajstić information content (AvgIpc) is 3.15. The molecule has 0 bridgehead atoms. The Morgan fingerprint density at radius 2 is 2.28 bits per heavy atom. The molecule has 0 aliphatic heterocycles. The van der Waals surface area contributed by atoms with Gasteiger partial charge in [-0.15, -0.1) is 0 Å². The SMILES string of the molecule is CCc1ncnc(N(CCC(N)=S)C2CC2)c1F. The van der Waals surface area contributed by atoms with E-state index in [2.05, 4.69) is 9.97 Å². The van der Waals surface area contributed by atoms with Crippen molar-refractivity contribution in [1.82, 2.24) is 9.97 Å². The van der Waals surface area contributed by atoms with Gasteiger partial charge in [-0.3, -0.25) is 0 Å². The second kappa shape index (κ2) is 5.56. The molecule has 98 valence electrons. The summed E-state index contributed by atoms with van der Waals surface area (Å²) in [6, 6.07) is 0.369. The highest BCUT2D eigenvalue weighted by Crippen LogP contribution is 2.32. The fraction of sp³-hybridized carbons (Fsp3) is 0.583. The quantitative estimate of drug-likeness (QED) is 0.798. The summed E-state index contributed by atoms with van der Waals surface area (Å²) in [4.78, 5) is 10.5. The molecule has 0 spiro atoms. The molecule has 1 heterocycles. The number of aryl methyl sites for hydroxylation is 1. The Hall–Kier alpha value is -1.30. The number of hydrogen-bond donors (Lipinski definition) is 1. The van der Waals surface area contributed by atoms with Gasteiger partial charge in [0.2, 0.25) is 0 Å². The molecule has 2 rings (SSSR count). The van der Waals surface area contributed by atoms with E-state index in [0.29, 0.717) is 41.9 Å². The first-order valence-electron chi connectivity index (χ1n) is 6.17. The Bertz CT molecular complexity index is 448. The van der Waals surface area contributed by atoms with E-state index in [-0.39, 0.29) is 5.82 Å². The van der Waals surface area contributed by atoms with Crippen molar-refractivity contribution in [2.24, 2.45) is 5.73 Å². The summed E-state index contributed by atoms with van der Waals surface area (Å²) in [5, 5.41) is 0. The van der Waals surface area contributed by atoms with Gasteiger partial charge in [-0.2, -0.15) is 0 Å². The van der Waals surface area contributed by atoms with Crippen LogP contribution in [-0.4, -0.2) is 27.5 Å². The van der Waals surface area contributed by atoms with Gasteiger partial charge in [0.25, 0.3) is 0 Å². The van der Waals surface area contributed by atoms with Crippen LogP contribution in [-0.2, 0) is 6.42 Å². The van der Waals surface area contributed by atoms with E-state index in [1.807, 2.05) is 11.8 Å². The van der Waals surface area contributed by atoms with Gasteiger partial charge in [-0.1, -0.05) is 19.1 Å². The van der Waals surface area contributed by atoms with Crippen LogP contribution in [0.2, 0.25) is 0 Å². The first-order chi connectivity index (χ1) is 8.63. The van der Waals surface area contributed by atoms with Crippen LogP contribution in [0.4, 0.5) is 10.2 Å². The van der Waals surface area contributed by atoms with Crippen molar-refractivity contribution in [1.29, 1.82) is 0 Å². The lowest BCUT2D eigenvalue weighted by molar-refractivity contribution is 0.581. The van der Waals surface area contributed by atoms with E-state index in [4.69, 9.17) is 18.0 Å². The molecular weight excluding hydrogens is 251 g/mol. The lowest BCUT2D eigenvalue weighted by Gasteiger charge is -2.24. The van der Waals surface area contributed by atoms with Crippen LogP contribution >= 0.6 is 12.2 Å². The Morgan fingerprint density at radius 3 is 2.83 bits per heavy atom. The maximum atomic E-state index is 14.2. The molecule has 6 heteroatoms. The lowest BCUT2D eigenvalue weighted by atomic mass is 10.2. The summed E-state index contributed by atoms with van der Waals surface area (Å²) in [7, 11) is 0. The van der Waals surface area contributed by atoms with Gasteiger partial charge in [0.1, 0.15) is 6.33 Å². The molecule has 1 aromatic heterocycles. The summed E-state index contributed by atoms with van der Waals surface area (Å²) >= 11 is 4.88. The smallest absolute Gasteiger partial charge is 0.187 e. The third-order valence-electron chi connectivity index (χ3n) is 3.04. The molecule has 0 radical (unpaired) electrons. The third kappa shape index (κ3) is 2.93. The highest BCUT2D eigenvalue weighted by Gasteiger charge is 2.32. The third-order valence-corrected chi connectivity index (χ3v) is 3.24. The van der Waals surface area contributed by atoms with Crippen molar-refractivity contribution < 1.29 is 4.39 Å². The molecule has 4 nitrogen and oxygen atoms in total. The lowest BCUT2D eigenvalue weighted by Crippen LogP contribution is -2.31. The maximum absolute atomic E-state index is 14.2. The number of anilines is 1. The predicted octanol–water partition coefficient (Wildman–Crippen LogP) is 1.82. The zero-order valence-corrected chi connectivity index (χ0v) is 11.2. The molecule has 1 fully saturated rings. The molecule has 1 aliphatic rings. The van der Waals surface area contributed by atoms with Crippen molar-refractivity contribution in [3.63, 3.8) is 0 Å².